The number of ether oxygens (including phenoxy) is 1. The fourth-order valence-electron chi connectivity index (χ4n) is 7.63. The van der Waals surface area contributed by atoms with Crippen LogP contribution in [0, 0.1) is 5.92 Å². The molecule has 0 radical (unpaired) electrons. The van der Waals surface area contributed by atoms with Gasteiger partial charge in [0.25, 0.3) is 5.91 Å². The zero-order chi connectivity index (χ0) is 29.1. The first kappa shape index (κ1) is 28.1. The van der Waals surface area contributed by atoms with Crippen LogP contribution in [0.25, 0.3) is 0 Å². The van der Waals surface area contributed by atoms with Crippen LogP contribution >= 0.6 is 0 Å². The van der Waals surface area contributed by atoms with E-state index in [1.807, 2.05) is 68.5 Å². The van der Waals surface area contributed by atoms with Crippen LogP contribution in [0.2, 0.25) is 18.6 Å². The van der Waals surface area contributed by atoms with Crippen LogP contribution in [0.5, 0.6) is 0 Å². The molecule has 9 nitrogen and oxygen atoms in total. The van der Waals surface area contributed by atoms with Crippen molar-refractivity contribution in [3.63, 3.8) is 0 Å². The van der Waals surface area contributed by atoms with Gasteiger partial charge in [-0.3, -0.25) is 14.4 Å². The second-order valence-corrected chi connectivity index (χ2v) is 16.5. The van der Waals surface area contributed by atoms with Crippen LogP contribution in [-0.4, -0.2) is 72.7 Å². The maximum absolute atomic E-state index is 14.5. The fraction of sp³-hybridized carbons (Fsp3) is 0.516. The quantitative estimate of drug-likeness (QED) is 0.387. The Morgan fingerprint density at radius 3 is 2.59 bits per heavy atom. The molecule has 2 N–H and O–H groups in total. The smallest absolute Gasteiger partial charge is 0.264 e. The summed E-state index contributed by atoms with van der Waals surface area (Å²) in [4.78, 5) is 56.8. The molecule has 1 spiro atoms. The summed E-state index contributed by atoms with van der Waals surface area (Å²) in [6, 6.07) is 15.2. The van der Waals surface area contributed by atoms with Crippen molar-refractivity contribution in [3.05, 3.63) is 59.7 Å². The van der Waals surface area contributed by atoms with Gasteiger partial charge in [0.1, 0.15) is 0 Å². The second-order valence-electron chi connectivity index (χ2n) is 12.5. The van der Waals surface area contributed by atoms with E-state index in [0.717, 1.165) is 35.3 Å². The van der Waals surface area contributed by atoms with Crippen LogP contribution in [-0.2, 0) is 31.3 Å². The van der Waals surface area contributed by atoms with E-state index in [1.165, 1.54) is 0 Å². The van der Waals surface area contributed by atoms with Crippen LogP contribution < -0.4 is 9.80 Å². The minimum Gasteiger partial charge on any atom is -0.432 e. The monoisotopic (exact) mass is 577 g/mol. The largest absolute Gasteiger partial charge is 0.432 e. The lowest BCUT2D eigenvalue weighted by atomic mass is 9.82. The lowest BCUT2D eigenvalue weighted by Crippen LogP contribution is -2.46. The summed E-state index contributed by atoms with van der Waals surface area (Å²) in [5.41, 5.74) is 1.59. The zero-order valence-corrected chi connectivity index (χ0v) is 25.0. The Kier molecular flexibility index (Phi) is 7.08. The Morgan fingerprint density at radius 2 is 1.90 bits per heavy atom. The normalized spacial score (nSPS) is 29.4. The second kappa shape index (κ2) is 10.3. The number of β-lactam (4-membered cyclic amide) rings is 1. The molecular weight excluding hydrogens is 538 g/mol. The molecule has 4 aliphatic heterocycles. The number of benzene rings is 2. The number of hydrogen-bond donors (Lipinski definition) is 2. The molecule has 0 aromatic heterocycles. The third-order valence-corrected chi connectivity index (χ3v) is 12.1. The Bertz CT molecular complexity index is 1380. The summed E-state index contributed by atoms with van der Waals surface area (Å²) >= 11 is 0. The number of para-hydroxylation sites is 1. The Balaban J connectivity index is 1.33. The van der Waals surface area contributed by atoms with E-state index in [-0.39, 0.29) is 48.3 Å². The molecule has 4 heterocycles. The minimum atomic E-state index is -2.90. The summed E-state index contributed by atoms with van der Waals surface area (Å²) < 4.78 is 6.79. The lowest BCUT2D eigenvalue weighted by Gasteiger charge is -2.33. The van der Waals surface area contributed by atoms with Crippen molar-refractivity contribution in [2.45, 2.75) is 75.5 Å². The van der Waals surface area contributed by atoms with Crippen molar-refractivity contribution in [3.8, 4) is 0 Å². The minimum absolute atomic E-state index is 0.0611. The molecule has 5 atom stereocenters. The van der Waals surface area contributed by atoms with Gasteiger partial charge in [0.2, 0.25) is 11.8 Å². The standard InChI is InChI=1S/C31H39N3O6Si/c1-20-29(41(2,3)39)26(17-28(37)32-14-7-10-23(32)19-35)40-31(20)24-11-4-5-12-25(24)34(30(31)38)18-21-8-6-9-22(16-21)33-15-13-27(33)36/h4-6,8-9,11-12,16,20,23,26,29,35,39H,7,10,13-15,17-19H2,1-3H3/t20-,23+,26+,29-,31+/m1/s1. The van der Waals surface area contributed by atoms with E-state index < -0.39 is 20.0 Å². The van der Waals surface area contributed by atoms with Gasteiger partial charge in [-0.25, -0.2) is 0 Å². The van der Waals surface area contributed by atoms with E-state index in [9.17, 15) is 24.3 Å². The maximum Gasteiger partial charge on any atom is 0.264 e. The summed E-state index contributed by atoms with van der Waals surface area (Å²) in [6.07, 6.45) is 1.60. The van der Waals surface area contributed by atoms with Gasteiger partial charge >= 0.3 is 0 Å². The van der Waals surface area contributed by atoms with Gasteiger partial charge in [0.05, 0.1) is 37.4 Å². The highest BCUT2D eigenvalue weighted by Crippen LogP contribution is 2.59. The van der Waals surface area contributed by atoms with Crippen molar-refractivity contribution in [2.24, 2.45) is 5.92 Å². The van der Waals surface area contributed by atoms with Crippen LogP contribution in [0.3, 0.4) is 0 Å². The molecule has 0 aliphatic carbocycles. The van der Waals surface area contributed by atoms with Crippen molar-refractivity contribution in [2.75, 3.05) is 29.5 Å². The van der Waals surface area contributed by atoms with E-state index in [1.54, 1.807) is 14.7 Å². The van der Waals surface area contributed by atoms with Crippen molar-refractivity contribution < 1.29 is 29.0 Å². The number of aliphatic hydroxyl groups is 1. The fourth-order valence-corrected chi connectivity index (χ4v) is 10.2. The maximum atomic E-state index is 14.5. The number of likely N-dealkylation sites (tertiary alicyclic amines) is 1. The topological polar surface area (TPSA) is 111 Å². The summed E-state index contributed by atoms with van der Waals surface area (Å²) in [5, 5.41) is 9.78. The number of aliphatic hydroxyl groups excluding tert-OH is 1. The number of rotatable bonds is 7. The molecule has 3 saturated heterocycles. The molecule has 4 aliphatic rings. The van der Waals surface area contributed by atoms with Crippen molar-refractivity contribution in [1.82, 2.24) is 4.90 Å². The van der Waals surface area contributed by atoms with Gasteiger partial charge in [-0.05, 0) is 49.7 Å². The van der Waals surface area contributed by atoms with Gasteiger partial charge < -0.3 is 29.3 Å². The first-order valence-corrected chi connectivity index (χ1v) is 17.7. The number of amides is 3. The zero-order valence-electron chi connectivity index (χ0n) is 24.0. The van der Waals surface area contributed by atoms with Crippen LogP contribution in [0.4, 0.5) is 11.4 Å². The molecule has 0 unspecified atom stereocenters. The molecule has 0 saturated carbocycles. The number of fused-ring (bicyclic) bond motifs is 2. The molecule has 3 amide bonds. The van der Waals surface area contributed by atoms with Gasteiger partial charge in [-0.2, -0.15) is 0 Å². The lowest BCUT2D eigenvalue weighted by molar-refractivity contribution is -0.150. The first-order chi connectivity index (χ1) is 19.6. The third kappa shape index (κ3) is 4.52. The summed E-state index contributed by atoms with van der Waals surface area (Å²) in [7, 11) is -2.90. The van der Waals surface area contributed by atoms with Crippen molar-refractivity contribution in [1.29, 1.82) is 0 Å². The Morgan fingerprint density at radius 1 is 1.12 bits per heavy atom. The van der Waals surface area contributed by atoms with E-state index in [0.29, 0.717) is 26.1 Å². The highest BCUT2D eigenvalue weighted by molar-refractivity contribution is 6.71. The molecular formula is C31H39N3O6Si. The molecule has 2 aromatic carbocycles. The number of hydrogen-bond acceptors (Lipinski definition) is 6. The molecule has 0 bridgehead atoms. The van der Waals surface area contributed by atoms with Crippen LogP contribution in [0.1, 0.15) is 43.7 Å². The van der Waals surface area contributed by atoms with E-state index >= 15 is 0 Å². The Labute approximate surface area is 241 Å². The highest BCUT2D eigenvalue weighted by atomic mass is 28.4. The third-order valence-electron chi connectivity index (χ3n) is 9.59. The van der Waals surface area contributed by atoms with E-state index in [4.69, 9.17) is 4.74 Å². The van der Waals surface area contributed by atoms with Gasteiger partial charge in [-0.1, -0.05) is 37.3 Å². The number of nitrogens with zero attached hydrogens (tertiary/aromatic N) is 3. The molecule has 10 heteroatoms. The average Bonchev–Trinajstić information content (AvgIpc) is 3.59. The van der Waals surface area contributed by atoms with Gasteiger partial charge in [0, 0.05) is 42.2 Å². The van der Waals surface area contributed by atoms with Gasteiger partial charge in [0.15, 0.2) is 13.9 Å². The Hall–Kier alpha value is -3.05. The molecule has 3 fully saturated rings. The average molecular weight is 578 g/mol. The molecule has 218 valence electrons. The van der Waals surface area contributed by atoms with E-state index in [2.05, 4.69) is 0 Å². The molecule has 6 rings (SSSR count). The van der Waals surface area contributed by atoms with Gasteiger partial charge in [-0.15, -0.1) is 0 Å². The number of carbonyl (C=O) groups is 3. The summed E-state index contributed by atoms with van der Waals surface area (Å²) in [5.74, 6) is -0.558. The van der Waals surface area contributed by atoms with Crippen LogP contribution in [0.15, 0.2) is 48.5 Å². The summed E-state index contributed by atoms with van der Waals surface area (Å²) in [6.45, 7) is 7.21. The molecule has 41 heavy (non-hydrogen) atoms. The predicted molar refractivity (Wildman–Crippen MR) is 157 cm³/mol. The SMILES string of the molecule is C[C@@H]1[C@@H]([Si](C)(C)O)[C@H](CC(=O)N2CCC[C@H]2CO)O[C@@]12C(=O)N(Cc1cccc(N3CCC3=O)c1)c1ccccc12. The highest BCUT2D eigenvalue weighted by Gasteiger charge is 2.66. The number of anilines is 2. The van der Waals surface area contributed by atoms with Crippen molar-refractivity contribution >= 4 is 37.4 Å². The number of carbonyl (C=O) groups excluding carboxylic acids is 3. The molecule has 2 aromatic rings. The first-order valence-electron chi connectivity index (χ1n) is 14.7. The predicted octanol–water partition coefficient (Wildman–Crippen LogP) is 3.14.